The number of imidazole rings is 2. The molecule has 0 unspecified atom stereocenters. The van der Waals surface area contributed by atoms with Crippen molar-refractivity contribution in [3.63, 3.8) is 0 Å². The van der Waals surface area contributed by atoms with Gasteiger partial charge in [0.05, 0.1) is 28.5 Å². The number of aromatic amines is 2. The van der Waals surface area contributed by atoms with Gasteiger partial charge in [-0.25, -0.2) is 9.97 Å². The van der Waals surface area contributed by atoms with Crippen molar-refractivity contribution >= 4 is 11.6 Å². The van der Waals surface area contributed by atoms with Gasteiger partial charge in [-0.3, -0.25) is 10.3 Å². The zero-order chi connectivity index (χ0) is 20.4. The van der Waals surface area contributed by atoms with Crippen LogP contribution in [0.3, 0.4) is 0 Å². The summed E-state index contributed by atoms with van der Waals surface area (Å²) in [5.74, 6) is 1.63. The Morgan fingerprint density at radius 2 is 1.90 bits per heavy atom. The van der Waals surface area contributed by atoms with Crippen LogP contribution in [-0.2, 0) is 12.1 Å². The number of nitrogens with zero attached hydrogens (tertiary/aromatic N) is 3. The second kappa shape index (κ2) is 7.69. The lowest BCUT2D eigenvalue weighted by Crippen LogP contribution is -2.37. The third kappa shape index (κ3) is 4.01. The molecular formula is C21H21ClN6O. The van der Waals surface area contributed by atoms with Crippen LogP contribution in [0.1, 0.15) is 25.5 Å². The minimum atomic E-state index is -0.457. The van der Waals surface area contributed by atoms with E-state index in [1.54, 1.807) is 36.9 Å². The minimum absolute atomic E-state index is 0.0181. The number of halogens is 1. The van der Waals surface area contributed by atoms with Crippen molar-refractivity contribution in [2.75, 3.05) is 0 Å². The molecule has 0 aliphatic carbocycles. The molecule has 0 saturated heterocycles. The van der Waals surface area contributed by atoms with Crippen LogP contribution in [0.25, 0.3) is 22.5 Å². The number of phenols is 1. The van der Waals surface area contributed by atoms with Crippen LogP contribution in [-0.4, -0.2) is 30.0 Å². The van der Waals surface area contributed by atoms with Crippen molar-refractivity contribution in [3.8, 4) is 28.3 Å². The van der Waals surface area contributed by atoms with E-state index in [0.29, 0.717) is 11.6 Å². The Balaban J connectivity index is 1.75. The van der Waals surface area contributed by atoms with Crippen molar-refractivity contribution in [2.45, 2.75) is 25.9 Å². The molecule has 0 aliphatic heterocycles. The summed E-state index contributed by atoms with van der Waals surface area (Å²) >= 11 is 5.99. The number of aromatic nitrogens is 5. The van der Waals surface area contributed by atoms with E-state index in [0.717, 1.165) is 34.2 Å². The molecule has 0 fully saturated rings. The molecule has 0 aliphatic rings. The first-order valence-corrected chi connectivity index (χ1v) is 9.55. The molecule has 0 spiro atoms. The summed E-state index contributed by atoms with van der Waals surface area (Å²) in [4.78, 5) is 19.8. The van der Waals surface area contributed by atoms with Crippen molar-refractivity contribution in [1.29, 1.82) is 0 Å². The molecule has 1 aromatic carbocycles. The van der Waals surface area contributed by atoms with Gasteiger partial charge in [-0.05, 0) is 38.1 Å². The normalized spacial score (nSPS) is 11.7. The molecule has 3 heterocycles. The van der Waals surface area contributed by atoms with Crippen LogP contribution in [0.4, 0.5) is 0 Å². The van der Waals surface area contributed by atoms with Crippen LogP contribution in [0.5, 0.6) is 5.75 Å². The van der Waals surface area contributed by atoms with Gasteiger partial charge in [0.25, 0.3) is 0 Å². The summed E-state index contributed by atoms with van der Waals surface area (Å²) in [7, 11) is 0. The van der Waals surface area contributed by atoms with E-state index >= 15 is 0 Å². The lowest BCUT2D eigenvalue weighted by Gasteiger charge is -2.23. The highest BCUT2D eigenvalue weighted by atomic mass is 35.5. The first-order valence-electron chi connectivity index (χ1n) is 9.17. The first-order chi connectivity index (χ1) is 13.9. The molecule has 0 saturated carbocycles. The van der Waals surface area contributed by atoms with E-state index < -0.39 is 5.54 Å². The van der Waals surface area contributed by atoms with Crippen LogP contribution in [0.2, 0.25) is 5.02 Å². The Bertz CT molecular complexity index is 1110. The molecule has 4 aromatic rings. The summed E-state index contributed by atoms with van der Waals surface area (Å²) in [6.45, 7) is 4.67. The number of rotatable bonds is 6. The topological polar surface area (TPSA) is 103 Å². The number of phenolic OH excluding ortho intramolecular Hbond substituents is 1. The standard InChI is InChI=1S/C21H21ClN6O/c1-21(2,26-12-17-24-9-10-25-17)20-27-18(13-5-7-23-8-6-13)19(28-20)14-3-4-15(22)16(29)11-14/h3-11,26,29H,12H2,1-2H3,(H,24,25)(H,27,28). The van der Waals surface area contributed by atoms with Gasteiger partial charge in [-0.15, -0.1) is 0 Å². The average molecular weight is 409 g/mol. The van der Waals surface area contributed by atoms with Gasteiger partial charge in [0.15, 0.2) is 0 Å². The minimum Gasteiger partial charge on any atom is -0.506 e. The van der Waals surface area contributed by atoms with E-state index in [1.165, 1.54) is 0 Å². The fourth-order valence-corrected chi connectivity index (χ4v) is 3.17. The van der Waals surface area contributed by atoms with Gasteiger partial charge < -0.3 is 15.1 Å². The van der Waals surface area contributed by atoms with E-state index in [-0.39, 0.29) is 5.75 Å². The SMILES string of the molecule is CC(C)(NCc1ncc[nH]1)c1nc(-c2ccc(Cl)c(O)c2)c(-c2ccncc2)[nH]1. The second-order valence-electron chi connectivity index (χ2n) is 7.23. The quantitative estimate of drug-likeness (QED) is 0.382. The molecule has 0 amide bonds. The number of H-pyrrole nitrogens is 2. The fourth-order valence-electron chi connectivity index (χ4n) is 3.05. The molecule has 0 radical (unpaired) electrons. The summed E-state index contributed by atoms with van der Waals surface area (Å²) in [5.41, 5.74) is 2.83. The van der Waals surface area contributed by atoms with Gasteiger partial charge in [0.1, 0.15) is 17.4 Å². The summed E-state index contributed by atoms with van der Waals surface area (Å²) in [6.07, 6.45) is 6.99. The average Bonchev–Trinajstić information content (AvgIpc) is 3.40. The molecule has 4 N–H and O–H groups in total. The Kier molecular flexibility index (Phi) is 5.08. The second-order valence-corrected chi connectivity index (χ2v) is 7.63. The molecule has 0 bridgehead atoms. The Morgan fingerprint density at radius 3 is 2.59 bits per heavy atom. The maximum Gasteiger partial charge on any atom is 0.134 e. The highest BCUT2D eigenvalue weighted by molar-refractivity contribution is 6.32. The molecule has 8 heteroatoms. The number of aromatic hydroxyl groups is 1. The van der Waals surface area contributed by atoms with Crippen LogP contribution in [0.15, 0.2) is 55.1 Å². The maximum atomic E-state index is 10.1. The van der Waals surface area contributed by atoms with Gasteiger partial charge in [0, 0.05) is 35.9 Å². The van der Waals surface area contributed by atoms with E-state index in [9.17, 15) is 5.11 Å². The van der Waals surface area contributed by atoms with Crippen molar-refractivity contribution < 1.29 is 5.11 Å². The van der Waals surface area contributed by atoms with Crippen LogP contribution < -0.4 is 5.32 Å². The third-order valence-electron chi connectivity index (χ3n) is 4.74. The highest BCUT2D eigenvalue weighted by Gasteiger charge is 2.27. The van der Waals surface area contributed by atoms with Crippen molar-refractivity contribution in [1.82, 2.24) is 30.2 Å². The Hall–Kier alpha value is -3.16. The third-order valence-corrected chi connectivity index (χ3v) is 5.06. The lowest BCUT2D eigenvalue weighted by atomic mass is 10.1. The van der Waals surface area contributed by atoms with Crippen LogP contribution in [0, 0.1) is 0 Å². The zero-order valence-corrected chi connectivity index (χ0v) is 16.8. The van der Waals surface area contributed by atoms with E-state index in [1.807, 2.05) is 32.0 Å². The monoisotopic (exact) mass is 408 g/mol. The molecule has 3 aromatic heterocycles. The number of hydrogen-bond donors (Lipinski definition) is 4. The molecule has 4 rings (SSSR count). The molecular weight excluding hydrogens is 388 g/mol. The van der Waals surface area contributed by atoms with E-state index in [2.05, 4.69) is 25.3 Å². The van der Waals surface area contributed by atoms with Crippen molar-refractivity contribution in [3.05, 3.63) is 71.8 Å². The van der Waals surface area contributed by atoms with Gasteiger partial charge >= 0.3 is 0 Å². The highest BCUT2D eigenvalue weighted by Crippen LogP contribution is 2.35. The molecule has 148 valence electrons. The largest absolute Gasteiger partial charge is 0.506 e. The number of benzene rings is 1. The number of pyridine rings is 1. The molecule has 29 heavy (non-hydrogen) atoms. The predicted molar refractivity (Wildman–Crippen MR) is 112 cm³/mol. The maximum absolute atomic E-state index is 10.1. The van der Waals surface area contributed by atoms with Crippen LogP contribution >= 0.6 is 11.6 Å². The summed E-state index contributed by atoms with van der Waals surface area (Å²) < 4.78 is 0. The van der Waals surface area contributed by atoms with Gasteiger partial charge in [-0.2, -0.15) is 0 Å². The van der Waals surface area contributed by atoms with E-state index in [4.69, 9.17) is 16.6 Å². The van der Waals surface area contributed by atoms with Gasteiger partial charge in [0.2, 0.25) is 0 Å². The molecule has 0 atom stereocenters. The lowest BCUT2D eigenvalue weighted by molar-refractivity contribution is 0.377. The molecule has 7 nitrogen and oxygen atoms in total. The Labute approximate surface area is 173 Å². The van der Waals surface area contributed by atoms with Crippen molar-refractivity contribution in [2.24, 2.45) is 0 Å². The number of hydrogen-bond acceptors (Lipinski definition) is 5. The number of nitrogens with one attached hydrogen (secondary N) is 3. The predicted octanol–water partition coefficient (Wildman–Crippen LogP) is 4.25. The summed E-state index contributed by atoms with van der Waals surface area (Å²) in [6, 6.07) is 8.96. The Morgan fingerprint density at radius 1 is 1.10 bits per heavy atom. The first kappa shape index (κ1) is 19.2. The fraction of sp³-hybridized carbons (Fsp3) is 0.190. The zero-order valence-electron chi connectivity index (χ0n) is 16.1. The summed E-state index contributed by atoms with van der Waals surface area (Å²) in [5, 5.41) is 13.8. The van der Waals surface area contributed by atoms with Gasteiger partial charge in [-0.1, -0.05) is 17.7 Å². The smallest absolute Gasteiger partial charge is 0.134 e.